The van der Waals surface area contributed by atoms with E-state index in [0.717, 1.165) is 26.1 Å². The van der Waals surface area contributed by atoms with Crippen molar-refractivity contribution in [2.24, 2.45) is 0 Å². The van der Waals surface area contributed by atoms with E-state index in [1.165, 1.54) is 12.8 Å². The average molecular weight is 260 g/mol. The smallest absolute Gasteiger partial charge is 0.0603 e. The number of nitrogens with zero attached hydrogens (tertiary/aromatic N) is 1. The molecule has 0 spiro atoms. The van der Waals surface area contributed by atoms with Crippen molar-refractivity contribution in [2.75, 3.05) is 33.7 Å². The monoisotopic (exact) mass is 260 g/mol. The minimum atomic E-state index is 0.403. The van der Waals surface area contributed by atoms with Gasteiger partial charge in [-0.25, -0.2) is 0 Å². The van der Waals surface area contributed by atoms with Crippen LogP contribution in [-0.2, 0) is 4.74 Å². The lowest BCUT2D eigenvalue weighted by molar-refractivity contribution is -0.0229. The number of nitrogens with one attached hydrogen (secondary N) is 1. The molecule has 3 heteroatoms. The summed E-state index contributed by atoms with van der Waals surface area (Å²) in [5, 5.41) is 3.35. The van der Waals surface area contributed by atoms with Gasteiger partial charge in [-0.05, 0) is 59.9 Å². The van der Waals surface area contributed by atoms with Crippen LogP contribution >= 0.6 is 0 Å². The predicted molar refractivity (Wildman–Crippen MR) is 82.3 cm³/mol. The largest absolute Gasteiger partial charge is 0.375 e. The fraction of sp³-hybridized carbons (Fsp3) is 1.00. The Morgan fingerprint density at radius 1 is 1.11 bits per heavy atom. The Labute approximate surface area is 115 Å². The van der Waals surface area contributed by atoms with Crippen LogP contribution in [0.25, 0.3) is 0 Å². The number of rotatable bonds is 5. The highest BCUT2D eigenvalue weighted by atomic mass is 16.5. The quantitative estimate of drug-likeness (QED) is 0.822. The predicted octanol–water partition coefficient (Wildman–Crippen LogP) is 3.15. The Balaban J connectivity index is 0. The molecular weight excluding hydrogens is 224 g/mol. The number of piperidine rings is 1. The molecule has 112 valence electrons. The van der Waals surface area contributed by atoms with Gasteiger partial charge in [0, 0.05) is 0 Å². The van der Waals surface area contributed by atoms with Crippen LogP contribution in [0.15, 0.2) is 0 Å². The van der Waals surface area contributed by atoms with E-state index < -0.39 is 0 Å². The molecule has 3 nitrogen and oxygen atoms in total. The summed E-state index contributed by atoms with van der Waals surface area (Å²) in [4.78, 5) is 2.21. The molecule has 0 bridgehead atoms. The second-order valence-electron chi connectivity index (χ2n) is 4.49. The van der Waals surface area contributed by atoms with E-state index in [9.17, 15) is 0 Å². The molecule has 0 amide bonds. The van der Waals surface area contributed by atoms with Crippen molar-refractivity contribution in [1.82, 2.24) is 10.2 Å². The van der Waals surface area contributed by atoms with Crippen molar-refractivity contribution in [3.05, 3.63) is 0 Å². The van der Waals surface area contributed by atoms with Gasteiger partial charge in [0.1, 0.15) is 0 Å². The summed E-state index contributed by atoms with van der Waals surface area (Å²) in [6.45, 7) is 13.5. The van der Waals surface area contributed by atoms with Crippen LogP contribution in [0.3, 0.4) is 0 Å². The van der Waals surface area contributed by atoms with Crippen molar-refractivity contribution < 1.29 is 4.74 Å². The number of ether oxygens (including phenoxy) is 1. The van der Waals surface area contributed by atoms with Gasteiger partial charge in [-0.3, -0.25) is 0 Å². The third-order valence-corrected chi connectivity index (χ3v) is 2.69. The molecule has 0 saturated carbocycles. The van der Waals surface area contributed by atoms with E-state index in [4.69, 9.17) is 4.74 Å². The zero-order valence-electron chi connectivity index (χ0n) is 13.8. The molecule has 0 radical (unpaired) electrons. The fourth-order valence-electron chi connectivity index (χ4n) is 1.77. The Morgan fingerprint density at radius 2 is 1.61 bits per heavy atom. The normalized spacial score (nSPS) is 17.3. The first-order valence-electron chi connectivity index (χ1n) is 7.69. The summed E-state index contributed by atoms with van der Waals surface area (Å²) in [7, 11) is 4.22. The Bertz CT molecular complexity index is 145. The number of hydrogen-bond donors (Lipinski definition) is 1. The van der Waals surface area contributed by atoms with E-state index in [-0.39, 0.29) is 0 Å². The van der Waals surface area contributed by atoms with Gasteiger partial charge in [0.2, 0.25) is 0 Å². The molecule has 0 aromatic rings. The van der Waals surface area contributed by atoms with Crippen molar-refractivity contribution in [2.45, 2.75) is 66.1 Å². The van der Waals surface area contributed by atoms with Gasteiger partial charge in [-0.2, -0.15) is 0 Å². The summed E-state index contributed by atoms with van der Waals surface area (Å²) in [6, 6.07) is 0. The summed E-state index contributed by atoms with van der Waals surface area (Å²) in [5.74, 6) is 0. The molecule has 1 rings (SSSR count). The van der Waals surface area contributed by atoms with Crippen LogP contribution in [0.1, 0.15) is 53.9 Å². The van der Waals surface area contributed by atoms with E-state index in [0.29, 0.717) is 12.2 Å². The van der Waals surface area contributed by atoms with Crippen LogP contribution in [0.2, 0.25) is 0 Å². The Kier molecular flexibility index (Phi) is 16.8. The highest BCUT2D eigenvalue weighted by molar-refractivity contribution is 4.69. The third-order valence-electron chi connectivity index (χ3n) is 2.69. The molecule has 1 heterocycles. The summed E-state index contributed by atoms with van der Waals surface area (Å²) >= 11 is 0. The molecule has 1 N–H and O–H groups in total. The third kappa shape index (κ3) is 12.3. The fourth-order valence-corrected chi connectivity index (χ4v) is 1.77. The van der Waals surface area contributed by atoms with Gasteiger partial charge in [-0.15, -0.1) is 0 Å². The van der Waals surface area contributed by atoms with Gasteiger partial charge in [0.05, 0.1) is 12.2 Å². The molecule has 1 saturated heterocycles. The van der Waals surface area contributed by atoms with Crippen LogP contribution in [-0.4, -0.2) is 50.8 Å². The lowest BCUT2D eigenvalue weighted by Gasteiger charge is -2.26. The van der Waals surface area contributed by atoms with E-state index in [1.54, 1.807) is 0 Å². The van der Waals surface area contributed by atoms with Gasteiger partial charge >= 0.3 is 0 Å². The topological polar surface area (TPSA) is 24.5 Å². The Morgan fingerprint density at radius 3 is 2.06 bits per heavy atom. The second kappa shape index (κ2) is 14.9. The van der Waals surface area contributed by atoms with E-state index >= 15 is 0 Å². The van der Waals surface area contributed by atoms with Crippen molar-refractivity contribution in [3.8, 4) is 0 Å². The van der Waals surface area contributed by atoms with Crippen LogP contribution in [0.4, 0.5) is 0 Å². The summed E-state index contributed by atoms with van der Waals surface area (Å²) in [5.41, 5.74) is 0. The maximum Gasteiger partial charge on any atom is 0.0603 e. The summed E-state index contributed by atoms with van der Waals surface area (Å²) < 4.78 is 5.98. The van der Waals surface area contributed by atoms with Gasteiger partial charge in [-0.1, -0.05) is 27.7 Å². The first-order valence-corrected chi connectivity index (χ1v) is 7.69. The lowest BCUT2D eigenvalue weighted by Crippen LogP contribution is -2.34. The van der Waals surface area contributed by atoms with Crippen molar-refractivity contribution >= 4 is 0 Å². The van der Waals surface area contributed by atoms with Gasteiger partial charge in [0.15, 0.2) is 0 Å². The minimum absolute atomic E-state index is 0.403. The van der Waals surface area contributed by atoms with Crippen LogP contribution < -0.4 is 5.32 Å². The van der Waals surface area contributed by atoms with Crippen molar-refractivity contribution in [3.63, 3.8) is 0 Å². The average Bonchev–Trinajstić information content (AvgIpc) is 2.42. The molecule has 1 aliphatic rings. The molecule has 1 unspecified atom stereocenters. The number of hydrogen-bond acceptors (Lipinski definition) is 3. The second-order valence-corrected chi connectivity index (χ2v) is 4.49. The maximum atomic E-state index is 5.98. The summed E-state index contributed by atoms with van der Waals surface area (Å²) in [6.07, 6.45) is 4.38. The minimum Gasteiger partial charge on any atom is -0.375 e. The molecule has 0 aromatic heterocycles. The molecular formula is C15H36N2O. The lowest BCUT2D eigenvalue weighted by atomic mass is 10.1. The van der Waals surface area contributed by atoms with Crippen LogP contribution in [0, 0.1) is 0 Å². The standard InChI is InChI=1S/C11H24N2O.2C2H6/c1-10(6-9-13(2)3)14-11-4-7-12-8-5-11;2*1-2/h10-12H,4-9H2,1-3H3;2*1-2H3. The molecule has 0 aliphatic carbocycles. The van der Waals surface area contributed by atoms with Crippen molar-refractivity contribution in [1.29, 1.82) is 0 Å². The SMILES string of the molecule is CC.CC.CC(CCN(C)C)OC1CCNCC1. The zero-order chi connectivity index (χ0) is 14.4. The Hall–Kier alpha value is -0.120. The molecule has 1 fully saturated rings. The van der Waals surface area contributed by atoms with Crippen LogP contribution in [0.5, 0.6) is 0 Å². The highest BCUT2D eigenvalue weighted by Crippen LogP contribution is 2.11. The van der Waals surface area contributed by atoms with E-state index in [1.807, 2.05) is 27.7 Å². The highest BCUT2D eigenvalue weighted by Gasteiger charge is 2.16. The zero-order valence-corrected chi connectivity index (χ0v) is 13.8. The molecule has 1 atom stereocenters. The maximum absolute atomic E-state index is 5.98. The molecule has 1 aliphatic heterocycles. The first-order chi connectivity index (χ1) is 8.68. The molecule has 0 aromatic carbocycles. The van der Waals surface area contributed by atoms with E-state index in [2.05, 4.69) is 31.2 Å². The van der Waals surface area contributed by atoms with Gasteiger partial charge in [0.25, 0.3) is 0 Å². The first kappa shape index (κ1) is 20.2. The molecule has 18 heavy (non-hydrogen) atoms. The van der Waals surface area contributed by atoms with Gasteiger partial charge < -0.3 is 15.0 Å².